The van der Waals surface area contributed by atoms with Crippen LogP contribution in [0.4, 0.5) is 0 Å². The third-order valence-electron chi connectivity index (χ3n) is 4.50. The van der Waals surface area contributed by atoms with Crippen LogP contribution in [0.5, 0.6) is 0 Å². The van der Waals surface area contributed by atoms with Crippen molar-refractivity contribution in [2.45, 2.75) is 32.9 Å². The first-order valence-corrected chi connectivity index (χ1v) is 8.70. The van der Waals surface area contributed by atoms with Crippen LogP contribution in [0.3, 0.4) is 0 Å². The van der Waals surface area contributed by atoms with Gasteiger partial charge in [-0.1, -0.05) is 17.7 Å². The summed E-state index contributed by atoms with van der Waals surface area (Å²) in [5.74, 6) is -0.282. The minimum absolute atomic E-state index is 0.0173. The van der Waals surface area contributed by atoms with Crippen LogP contribution in [-0.4, -0.2) is 47.9 Å². The summed E-state index contributed by atoms with van der Waals surface area (Å²) < 4.78 is 6.70. The molecule has 0 fully saturated rings. The molecule has 7 heteroatoms. The Labute approximate surface area is 152 Å². The number of nitrogens with one attached hydrogen (secondary N) is 2. The monoisotopic (exact) mass is 356 g/mol. The Bertz CT molecular complexity index is 805. The quantitative estimate of drug-likeness (QED) is 0.763. The highest BCUT2D eigenvalue weighted by Gasteiger charge is 2.26. The summed E-state index contributed by atoms with van der Waals surface area (Å²) >= 11 is 0. The molecule has 2 heterocycles. The summed E-state index contributed by atoms with van der Waals surface area (Å²) in [4.78, 5) is 24.5. The summed E-state index contributed by atoms with van der Waals surface area (Å²) in [5, 5.41) is 10.2. The van der Waals surface area contributed by atoms with Crippen molar-refractivity contribution in [1.82, 2.24) is 20.4 Å². The Morgan fingerprint density at radius 1 is 1.27 bits per heavy atom. The van der Waals surface area contributed by atoms with Crippen molar-refractivity contribution in [3.63, 3.8) is 0 Å². The Morgan fingerprint density at radius 2 is 2.08 bits per heavy atom. The molecule has 1 atom stereocenters. The van der Waals surface area contributed by atoms with Gasteiger partial charge in [0.1, 0.15) is 5.69 Å². The predicted octanol–water partition coefficient (Wildman–Crippen LogP) is 1.23. The van der Waals surface area contributed by atoms with Crippen LogP contribution < -0.4 is 10.6 Å². The van der Waals surface area contributed by atoms with Gasteiger partial charge in [0.2, 0.25) is 0 Å². The van der Waals surface area contributed by atoms with Crippen LogP contribution in [0.15, 0.2) is 24.3 Å². The van der Waals surface area contributed by atoms with E-state index in [9.17, 15) is 9.59 Å². The lowest BCUT2D eigenvalue weighted by Crippen LogP contribution is -2.36. The summed E-state index contributed by atoms with van der Waals surface area (Å²) in [6.07, 6.45) is 0.662. The Kier molecular flexibility index (Phi) is 5.37. The fourth-order valence-electron chi connectivity index (χ4n) is 3.20. The van der Waals surface area contributed by atoms with Gasteiger partial charge in [0.15, 0.2) is 0 Å². The van der Waals surface area contributed by atoms with E-state index in [1.165, 1.54) is 0 Å². The Balaban J connectivity index is 1.58. The van der Waals surface area contributed by atoms with Gasteiger partial charge < -0.3 is 15.4 Å². The molecule has 7 nitrogen and oxygen atoms in total. The largest absolute Gasteiger partial charge is 0.383 e. The number of carbonyl (C=O) groups is 2. The smallest absolute Gasteiger partial charge is 0.271 e. The molecule has 0 unspecified atom stereocenters. The van der Waals surface area contributed by atoms with Crippen LogP contribution >= 0.6 is 0 Å². The molecule has 0 spiro atoms. The molecule has 0 bridgehead atoms. The number of amides is 2. The maximum absolute atomic E-state index is 12.5. The van der Waals surface area contributed by atoms with Crippen molar-refractivity contribution in [2.24, 2.45) is 0 Å². The molecule has 3 rings (SSSR count). The van der Waals surface area contributed by atoms with Gasteiger partial charge in [-0.3, -0.25) is 14.3 Å². The maximum Gasteiger partial charge on any atom is 0.271 e. The molecule has 2 amide bonds. The number of aryl methyl sites for hydroxylation is 2. The van der Waals surface area contributed by atoms with Crippen molar-refractivity contribution < 1.29 is 14.3 Å². The normalized spacial score (nSPS) is 15.6. The third-order valence-corrected chi connectivity index (χ3v) is 4.50. The summed E-state index contributed by atoms with van der Waals surface area (Å²) in [6.45, 7) is 5.43. The van der Waals surface area contributed by atoms with Crippen LogP contribution in [0.2, 0.25) is 0 Å². The number of carbonyl (C=O) groups excluding carboxylic acids is 2. The first-order chi connectivity index (χ1) is 12.5. The van der Waals surface area contributed by atoms with Crippen molar-refractivity contribution in [3.8, 4) is 0 Å². The van der Waals surface area contributed by atoms with E-state index in [0.29, 0.717) is 37.4 Å². The van der Waals surface area contributed by atoms with Crippen LogP contribution in [-0.2, 0) is 17.7 Å². The number of nitrogens with zero attached hydrogens (tertiary/aromatic N) is 2. The summed E-state index contributed by atoms with van der Waals surface area (Å²) in [6, 6.07) is 7.57. The number of fused-ring (bicyclic) bond motifs is 1. The van der Waals surface area contributed by atoms with E-state index in [1.807, 2.05) is 32.0 Å². The van der Waals surface area contributed by atoms with Crippen molar-refractivity contribution in [3.05, 3.63) is 52.3 Å². The van der Waals surface area contributed by atoms with E-state index in [4.69, 9.17) is 4.74 Å². The number of ether oxygens (including phenoxy) is 1. The van der Waals surface area contributed by atoms with Crippen LogP contribution in [0.1, 0.15) is 37.7 Å². The zero-order valence-electron chi connectivity index (χ0n) is 15.3. The predicted molar refractivity (Wildman–Crippen MR) is 97.3 cm³/mol. The number of hydrogen-bond donors (Lipinski definition) is 2. The van der Waals surface area contributed by atoms with E-state index in [2.05, 4.69) is 15.7 Å². The van der Waals surface area contributed by atoms with E-state index < -0.39 is 0 Å². The molecule has 0 saturated heterocycles. The molecule has 0 radical (unpaired) electrons. The first kappa shape index (κ1) is 18.1. The molecule has 1 aliphatic heterocycles. The molecule has 0 saturated carbocycles. The lowest BCUT2D eigenvalue weighted by atomic mass is 10.0. The molecular formula is C19H24N4O3. The molecule has 1 aromatic heterocycles. The average molecular weight is 356 g/mol. The van der Waals surface area contributed by atoms with Gasteiger partial charge in [-0.05, 0) is 31.5 Å². The Hall–Kier alpha value is -2.67. The fourth-order valence-corrected chi connectivity index (χ4v) is 3.20. The third kappa shape index (κ3) is 3.94. The standard InChI is InChI=1S/C19H24N4O3/c1-12-4-5-16(13(2)8-12)18(24)21-14-9-15-10-17(22-23(15)11-14)19(25)20-6-7-26-3/h4-5,8,10,14H,6-7,9,11H2,1-3H3,(H,20,25)(H,21,24)/t14-/m0/s1. The van der Waals surface area contributed by atoms with E-state index >= 15 is 0 Å². The van der Waals surface area contributed by atoms with Gasteiger partial charge in [0, 0.05) is 31.3 Å². The zero-order valence-corrected chi connectivity index (χ0v) is 15.3. The second-order valence-corrected chi connectivity index (χ2v) is 6.64. The molecule has 26 heavy (non-hydrogen) atoms. The molecule has 2 N–H and O–H groups in total. The lowest BCUT2D eigenvalue weighted by Gasteiger charge is -2.13. The summed E-state index contributed by atoms with van der Waals surface area (Å²) in [5.41, 5.74) is 4.14. The maximum atomic E-state index is 12.5. The minimum atomic E-state index is -0.209. The van der Waals surface area contributed by atoms with Crippen molar-refractivity contribution in [1.29, 1.82) is 0 Å². The van der Waals surface area contributed by atoms with Gasteiger partial charge >= 0.3 is 0 Å². The number of methoxy groups -OCH3 is 1. The molecule has 1 aliphatic rings. The van der Waals surface area contributed by atoms with Gasteiger partial charge in [-0.2, -0.15) is 5.10 Å². The van der Waals surface area contributed by atoms with E-state index in [0.717, 1.165) is 16.8 Å². The highest BCUT2D eigenvalue weighted by atomic mass is 16.5. The zero-order chi connectivity index (χ0) is 18.7. The number of aromatic nitrogens is 2. The second kappa shape index (κ2) is 7.70. The Morgan fingerprint density at radius 3 is 2.77 bits per heavy atom. The second-order valence-electron chi connectivity index (χ2n) is 6.64. The van der Waals surface area contributed by atoms with Gasteiger partial charge in [-0.15, -0.1) is 0 Å². The molecule has 138 valence electrons. The van der Waals surface area contributed by atoms with Crippen LogP contribution in [0, 0.1) is 13.8 Å². The highest BCUT2D eigenvalue weighted by molar-refractivity contribution is 5.96. The molecular weight excluding hydrogens is 332 g/mol. The molecule has 1 aromatic carbocycles. The first-order valence-electron chi connectivity index (χ1n) is 8.70. The molecule has 0 aliphatic carbocycles. The average Bonchev–Trinajstić information content (AvgIpc) is 3.13. The van der Waals surface area contributed by atoms with Crippen molar-refractivity contribution >= 4 is 11.8 Å². The molecule has 2 aromatic rings. The topological polar surface area (TPSA) is 85.2 Å². The summed E-state index contributed by atoms with van der Waals surface area (Å²) in [7, 11) is 1.59. The lowest BCUT2D eigenvalue weighted by molar-refractivity contribution is 0.0921. The van der Waals surface area contributed by atoms with Gasteiger partial charge in [-0.25, -0.2) is 0 Å². The van der Waals surface area contributed by atoms with Crippen LogP contribution in [0.25, 0.3) is 0 Å². The highest BCUT2D eigenvalue weighted by Crippen LogP contribution is 2.17. The van der Waals surface area contributed by atoms with Crippen molar-refractivity contribution in [2.75, 3.05) is 20.3 Å². The number of rotatable bonds is 6. The fraction of sp³-hybridized carbons (Fsp3) is 0.421. The van der Waals surface area contributed by atoms with E-state index in [1.54, 1.807) is 17.9 Å². The number of benzene rings is 1. The minimum Gasteiger partial charge on any atom is -0.383 e. The number of hydrogen-bond acceptors (Lipinski definition) is 4. The van der Waals surface area contributed by atoms with E-state index in [-0.39, 0.29) is 17.9 Å². The SMILES string of the molecule is COCCNC(=O)c1cc2n(n1)C[C@@H](NC(=O)c1ccc(C)cc1C)C2. The van der Waals surface area contributed by atoms with Gasteiger partial charge in [0.05, 0.1) is 19.2 Å². The van der Waals surface area contributed by atoms with Gasteiger partial charge in [0.25, 0.3) is 11.8 Å².